The molecule has 0 bridgehead atoms. The minimum absolute atomic E-state index is 0.0711. The third-order valence-electron chi connectivity index (χ3n) is 7.88. The van der Waals surface area contributed by atoms with Gasteiger partial charge in [0.05, 0.1) is 17.6 Å². The first-order chi connectivity index (χ1) is 19.0. The molecule has 2 aliphatic rings. The maximum atomic E-state index is 14.0. The summed E-state index contributed by atoms with van der Waals surface area (Å²) >= 11 is 3.46. The molecule has 5 nitrogen and oxygen atoms in total. The number of Topliss-reactive ketones (excluding diaryl/α,β-unsaturated/α-hetero) is 1. The molecule has 1 aliphatic carbocycles. The average Bonchev–Trinajstić information content (AvgIpc) is 2.88. The SMILES string of the molecule is Cc1cccc(N2C(N)=C(C#N)C(c3cc(COc4ccc(Br)cc4)c(C)cc3C)C3=C2CC(C)(C)CC3=O)c1. The number of allylic oxidation sites excluding steroid dienone is 3. The Morgan fingerprint density at radius 3 is 2.45 bits per heavy atom. The standard InChI is InChI=1S/C34H34BrN3O2/c1-20-7-6-8-25(13-20)38-29-16-34(4,5)17-30(39)32(29)31(28(18-36)33(38)37)27-15-23(21(2)14-22(27)3)19-40-26-11-9-24(35)10-12-26/h6-15,31H,16-17,19,37H2,1-5H3. The molecule has 0 aromatic heterocycles. The number of ether oxygens (including phenoxy) is 1. The Morgan fingerprint density at radius 2 is 1.77 bits per heavy atom. The van der Waals surface area contributed by atoms with E-state index in [4.69, 9.17) is 10.5 Å². The van der Waals surface area contributed by atoms with Crippen LogP contribution in [0.3, 0.4) is 0 Å². The molecule has 1 unspecified atom stereocenters. The fraction of sp³-hybridized carbons (Fsp3) is 0.294. The second kappa shape index (κ2) is 10.6. The van der Waals surface area contributed by atoms with Crippen molar-refractivity contribution in [3.63, 3.8) is 0 Å². The number of carbonyl (C=O) groups is 1. The third kappa shape index (κ3) is 5.19. The molecule has 204 valence electrons. The van der Waals surface area contributed by atoms with Gasteiger partial charge in [-0.25, -0.2) is 0 Å². The van der Waals surface area contributed by atoms with Gasteiger partial charge in [0.25, 0.3) is 0 Å². The smallest absolute Gasteiger partial charge is 0.162 e. The number of hydrogen-bond acceptors (Lipinski definition) is 5. The number of rotatable bonds is 5. The molecule has 2 N–H and O–H groups in total. The van der Waals surface area contributed by atoms with E-state index < -0.39 is 5.92 Å². The molecule has 6 heteroatoms. The van der Waals surface area contributed by atoms with Crippen molar-refractivity contribution in [2.45, 2.75) is 60.0 Å². The number of nitrogens with zero attached hydrogens (tertiary/aromatic N) is 2. The normalized spacial score (nSPS) is 18.5. The van der Waals surface area contributed by atoms with E-state index in [0.29, 0.717) is 36.4 Å². The number of ketones is 1. The first kappa shape index (κ1) is 27.7. The summed E-state index contributed by atoms with van der Waals surface area (Å²) in [6.45, 7) is 10.7. The fourth-order valence-electron chi connectivity index (χ4n) is 5.96. The summed E-state index contributed by atoms with van der Waals surface area (Å²) in [7, 11) is 0. The first-order valence-electron chi connectivity index (χ1n) is 13.5. The molecular weight excluding hydrogens is 562 g/mol. The molecule has 0 radical (unpaired) electrons. The summed E-state index contributed by atoms with van der Waals surface area (Å²) in [6.07, 6.45) is 1.11. The molecule has 0 saturated heterocycles. The van der Waals surface area contributed by atoms with Gasteiger partial charge >= 0.3 is 0 Å². The Bertz CT molecular complexity index is 1610. The number of nitrogens with two attached hydrogens (primary N) is 1. The molecule has 0 amide bonds. The van der Waals surface area contributed by atoms with Crippen molar-refractivity contribution in [1.82, 2.24) is 0 Å². The molecule has 1 heterocycles. The number of benzene rings is 3. The van der Waals surface area contributed by atoms with Crippen LogP contribution in [0.5, 0.6) is 5.75 Å². The number of carbonyl (C=O) groups excluding carboxylic acids is 1. The van der Waals surface area contributed by atoms with E-state index in [1.54, 1.807) is 0 Å². The number of anilines is 1. The van der Waals surface area contributed by atoms with Crippen LogP contribution in [0.25, 0.3) is 0 Å². The van der Waals surface area contributed by atoms with Gasteiger partial charge in [-0.2, -0.15) is 5.26 Å². The summed E-state index contributed by atoms with van der Waals surface area (Å²) in [6, 6.07) is 22.4. The first-order valence-corrected chi connectivity index (χ1v) is 14.3. The lowest BCUT2D eigenvalue weighted by Crippen LogP contribution is -2.42. The van der Waals surface area contributed by atoms with Crippen LogP contribution in [0.1, 0.15) is 60.4 Å². The fourth-order valence-corrected chi connectivity index (χ4v) is 6.22. The van der Waals surface area contributed by atoms with E-state index in [-0.39, 0.29) is 11.2 Å². The number of halogens is 1. The Hall–Kier alpha value is -3.82. The average molecular weight is 597 g/mol. The van der Waals surface area contributed by atoms with Crippen molar-refractivity contribution >= 4 is 27.4 Å². The molecule has 1 aliphatic heterocycles. The van der Waals surface area contributed by atoms with Crippen LogP contribution in [0.15, 0.2) is 87.8 Å². The van der Waals surface area contributed by atoms with E-state index >= 15 is 0 Å². The summed E-state index contributed by atoms with van der Waals surface area (Å²) in [5.41, 5.74) is 14.6. The van der Waals surface area contributed by atoms with E-state index in [1.807, 2.05) is 67.3 Å². The Labute approximate surface area is 245 Å². The van der Waals surface area contributed by atoms with Crippen LogP contribution in [0, 0.1) is 37.5 Å². The lowest BCUT2D eigenvalue weighted by atomic mass is 9.68. The van der Waals surface area contributed by atoms with Crippen molar-refractivity contribution in [3.05, 3.63) is 116 Å². The molecular formula is C34H34BrN3O2. The van der Waals surface area contributed by atoms with E-state index in [0.717, 1.165) is 49.4 Å². The van der Waals surface area contributed by atoms with Crippen molar-refractivity contribution < 1.29 is 9.53 Å². The topological polar surface area (TPSA) is 79.3 Å². The largest absolute Gasteiger partial charge is 0.489 e. The third-order valence-corrected chi connectivity index (χ3v) is 8.41. The highest BCUT2D eigenvalue weighted by molar-refractivity contribution is 9.10. The van der Waals surface area contributed by atoms with Gasteiger partial charge in [-0.15, -0.1) is 0 Å². The van der Waals surface area contributed by atoms with Crippen LogP contribution in [-0.2, 0) is 11.4 Å². The quantitative estimate of drug-likeness (QED) is 0.324. The Morgan fingerprint density at radius 1 is 1.05 bits per heavy atom. The highest BCUT2D eigenvalue weighted by atomic mass is 79.9. The molecule has 0 saturated carbocycles. The van der Waals surface area contributed by atoms with Gasteiger partial charge < -0.3 is 10.5 Å². The van der Waals surface area contributed by atoms with Gasteiger partial charge in [-0.05, 0) is 96.8 Å². The predicted octanol–water partition coefficient (Wildman–Crippen LogP) is 7.89. The van der Waals surface area contributed by atoms with E-state index in [1.165, 1.54) is 0 Å². The summed E-state index contributed by atoms with van der Waals surface area (Å²) in [5, 5.41) is 10.5. The van der Waals surface area contributed by atoms with Gasteiger partial charge in [0.2, 0.25) is 0 Å². The lowest BCUT2D eigenvalue weighted by molar-refractivity contribution is -0.118. The molecule has 1 atom stereocenters. The Balaban J connectivity index is 1.66. The van der Waals surface area contributed by atoms with E-state index in [2.05, 4.69) is 54.9 Å². The van der Waals surface area contributed by atoms with Crippen LogP contribution in [0.4, 0.5) is 5.69 Å². The van der Waals surface area contributed by atoms with E-state index in [9.17, 15) is 10.1 Å². The highest BCUT2D eigenvalue weighted by Crippen LogP contribution is 2.51. The molecule has 3 aromatic carbocycles. The van der Waals surface area contributed by atoms with Crippen LogP contribution >= 0.6 is 15.9 Å². The summed E-state index contributed by atoms with van der Waals surface area (Å²) in [4.78, 5) is 15.9. The zero-order valence-electron chi connectivity index (χ0n) is 23.6. The maximum Gasteiger partial charge on any atom is 0.162 e. The van der Waals surface area contributed by atoms with Gasteiger partial charge in [0, 0.05) is 27.9 Å². The van der Waals surface area contributed by atoms with Crippen molar-refractivity contribution in [2.24, 2.45) is 11.1 Å². The summed E-state index contributed by atoms with van der Waals surface area (Å²) < 4.78 is 7.11. The second-order valence-corrected chi connectivity index (χ2v) is 12.6. The highest BCUT2D eigenvalue weighted by Gasteiger charge is 2.45. The van der Waals surface area contributed by atoms with Crippen LogP contribution in [-0.4, -0.2) is 5.78 Å². The zero-order valence-corrected chi connectivity index (χ0v) is 25.2. The maximum absolute atomic E-state index is 14.0. The predicted molar refractivity (Wildman–Crippen MR) is 163 cm³/mol. The van der Waals surface area contributed by atoms with Crippen molar-refractivity contribution in [3.8, 4) is 11.8 Å². The zero-order chi connectivity index (χ0) is 28.8. The Kier molecular flexibility index (Phi) is 7.37. The molecule has 0 spiro atoms. The molecule has 0 fully saturated rings. The minimum Gasteiger partial charge on any atom is -0.489 e. The number of aryl methyl sites for hydroxylation is 3. The van der Waals surface area contributed by atoms with Crippen molar-refractivity contribution in [2.75, 3.05) is 4.90 Å². The van der Waals surface area contributed by atoms with Gasteiger partial charge in [0.15, 0.2) is 5.78 Å². The van der Waals surface area contributed by atoms with Gasteiger partial charge in [0.1, 0.15) is 18.2 Å². The molecule has 3 aromatic rings. The van der Waals surface area contributed by atoms with Gasteiger partial charge in [-0.3, -0.25) is 9.69 Å². The molecule has 5 rings (SSSR count). The van der Waals surface area contributed by atoms with Crippen molar-refractivity contribution in [1.29, 1.82) is 5.26 Å². The lowest BCUT2D eigenvalue weighted by Gasteiger charge is -2.44. The van der Waals surface area contributed by atoms with Gasteiger partial charge in [-0.1, -0.05) is 54.0 Å². The van der Waals surface area contributed by atoms with Crippen LogP contribution < -0.4 is 15.4 Å². The second-order valence-electron chi connectivity index (χ2n) is 11.7. The number of hydrogen-bond donors (Lipinski definition) is 1. The monoisotopic (exact) mass is 595 g/mol. The molecule has 40 heavy (non-hydrogen) atoms. The summed E-state index contributed by atoms with van der Waals surface area (Å²) in [5.74, 6) is 0.696. The minimum atomic E-state index is -0.531. The van der Waals surface area contributed by atoms with Crippen LogP contribution in [0.2, 0.25) is 0 Å². The number of nitriles is 1.